The Bertz CT molecular complexity index is 828. The van der Waals surface area contributed by atoms with E-state index in [2.05, 4.69) is 4.99 Å². The molecule has 1 fully saturated rings. The fourth-order valence-corrected chi connectivity index (χ4v) is 3.82. The first kappa shape index (κ1) is 12.7. The Morgan fingerprint density at radius 3 is 2.48 bits per heavy atom. The lowest BCUT2D eigenvalue weighted by Gasteiger charge is -2.24. The molecule has 0 atom stereocenters. The fraction of sp³-hybridized carbons (Fsp3) is 0.312. The standard InChI is InChI=1S/C16H12ClNO3/c17-13-11-4-8-20-14(11)12(10-3-7-21-15(10)13)16(18-9-19)5-1-2-6-16/h3-4,7-8H,1-2,5-6H2. The fourth-order valence-electron chi connectivity index (χ4n) is 3.52. The highest BCUT2D eigenvalue weighted by Gasteiger charge is 2.40. The highest BCUT2D eigenvalue weighted by atomic mass is 35.5. The van der Waals surface area contributed by atoms with Crippen molar-refractivity contribution in [3.63, 3.8) is 0 Å². The maximum Gasteiger partial charge on any atom is 0.235 e. The average molecular weight is 302 g/mol. The molecule has 1 aromatic carbocycles. The van der Waals surface area contributed by atoms with E-state index in [4.69, 9.17) is 20.4 Å². The summed E-state index contributed by atoms with van der Waals surface area (Å²) in [5, 5.41) is 2.19. The lowest BCUT2D eigenvalue weighted by atomic mass is 9.85. The summed E-state index contributed by atoms with van der Waals surface area (Å²) in [5.74, 6) is 0. The number of halogens is 1. The van der Waals surface area contributed by atoms with Crippen molar-refractivity contribution in [1.82, 2.24) is 0 Å². The minimum Gasteiger partial charge on any atom is -0.464 e. The van der Waals surface area contributed by atoms with Crippen molar-refractivity contribution in [2.24, 2.45) is 4.99 Å². The average Bonchev–Trinajstić information content (AvgIpc) is 3.18. The topological polar surface area (TPSA) is 55.7 Å². The van der Waals surface area contributed by atoms with Crippen LogP contribution in [0.15, 0.2) is 38.5 Å². The molecule has 21 heavy (non-hydrogen) atoms. The van der Waals surface area contributed by atoms with E-state index in [0.717, 1.165) is 42.0 Å². The number of hydrogen-bond donors (Lipinski definition) is 0. The molecule has 3 aromatic rings. The van der Waals surface area contributed by atoms with E-state index < -0.39 is 5.54 Å². The molecule has 0 bridgehead atoms. The third-order valence-corrected chi connectivity index (χ3v) is 4.79. The van der Waals surface area contributed by atoms with Crippen molar-refractivity contribution in [3.05, 3.63) is 35.2 Å². The van der Waals surface area contributed by atoms with Gasteiger partial charge in [-0.3, -0.25) is 0 Å². The Morgan fingerprint density at radius 1 is 1.10 bits per heavy atom. The zero-order valence-electron chi connectivity index (χ0n) is 11.2. The summed E-state index contributed by atoms with van der Waals surface area (Å²) in [5.41, 5.74) is 1.63. The molecule has 0 radical (unpaired) electrons. The quantitative estimate of drug-likeness (QED) is 0.497. The first-order chi connectivity index (χ1) is 10.3. The predicted octanol–water partition coefficient (Wildman–Crippen LogP) is 4.94. The third kappa shape index (κ3) is 1.63. The van der Waals surface area contributed by atoms with E-state index in [1.165, 1.54) is 0 Å². The first-order valence-electron chi connectivity index (χ1n) is 6.92. The van der Waals surface area contributed by atoms with E-state index in [9.17, 15) is 4.79 Å². The van der Waals surface area contributed by atoms with Crippen molar-refractivity contribution >= 4 is 39.6 Å². The van der Waals surface area contributed by atoms with Crippen LogP contribution >= 0.6 is 11.6 Å². The summed E-state index contributed by atoms with van der Waals surface area (Å²) < 4.78 is 11.2. The van der Waals surface area contributed by atoms with Crippen molar-refractivity contribution < 1.29 is 13.6 Å². The lowest BCUT2D eigenvalue weighted by molar-refractivity contribution is 0.454. The Hall–Kier alpha value is -2.03. The number of aliphatic imine (C=N–C) groups is 1. The van der Waals surface area contributed by atoms with Crippen molar-refractivity contribution in [2.45, 2.75) is 31.2 Å². The van der Waals surface area contributed by atoms with E-state index in [0.29, 0.717) is 16.2 Å². The van der Waals surface area contributed by atoms with Crippen LogP contribution in [0, 0.1) is 0 Å². The molecule has 1 saturated carbocycles. The summed E-state index contributed by atoms with van der Waals surface area (Å²) in [6.07, 6.45) is 8.61. The summed E-state index contributed by atoms with van der Waals surface area (Å²) in [6, 6.07) is 3.68. The molecule has 106 valence electrons. The second kappa shape index (κ2) is 4.48. The molecule has 0 N–H and O–H groups in total. The van der Waals surface area contributed by atoms with Gasteiger partial charge in [0.25, 0.3) is 0 Å². The van der Waals surface area contributed by atoms with Gasteiger partial charge < -0.3 is 8.83 Å². The zero-order chi connectivity index (χ0) is 14.4. The molecule has 4 rings (SSSR count). The molecule has 2 heterocycles. The minimum absolute atomic E-state index is 0.533. The number of nitrogens with zero attached hydrogens (tertiary/aromatic N) is 1. The second-order valence-electron chi connectivity index (χ2n) is 5.46. The molecule has 0 aliphatic heterocycles. The van der Waals surface area contributed by atoms with Crippen LogP contribution < -0.4 is 0 Å². The Balaban J connectivity index is 2.19. The van der Waals surface area contributed by atoms with Crippen LogP contribution in [0.5, 0.6) is 0 Å². The van der Waals surface area contributed by atoms with Crippen LogP contribution in [0.25, 0.3) is 21.9 Å². The van der Waals surface area contributed by atoms with Crippen LogP contribution in [0.1, 0.15) is 31.2 Å². The summed E-state index contributed by atoms with van der Waals surface area (Å²) in [6.45, 7) is 0. The van der Waals surface area contributed by atoms with Crippen LogP contribution in [0.2, 0.25) is 5.02 Å². The number of hydrogen-bond acceptors (Lipinski definition) is 4. The number of furan rings is 2. The maximum atomic E-state index is 11.0. The Morgan fingerprint density at radius 2 is 1.76 bits per heavy atom. The first-order valence-corrected chi connectivity index (χ1v) is 7.30. The SMILES string of the molecule is O=C=NC1(c2c3ccoc3c(Cl)c3ccoc23)CCCC1. The van der Waals surface area contributed by atoms with Gasteiger partial charge in [0.15, 0.2) is 5.58 Å². The predicted molar refractivity (Wildman–Crippen MR) is 79.3 cm³/mol. The largest absolute Gasteiger partial charge is 0.464 e. The minimum atomic E-state index is -0.579. The molecule has 2 aromatic heterocycles. The van der Waals surface area contributed by atoms with Gasteiger partial charge in [0, 0.05) is 16.3 Å². The maximum absolute atomic E-state index is 11.0. The highest BCUT2D eigenvalue weighted by molar-refractivity contribution is 6.40. The van der Waals surface area contributed by atoms with Gasteiger partial charge in [-0.05, 0) is 25.0 Å². The summed E-state index contributed by atoms with van der Waals surface area (Å²) in [4.78, 5) is 15.1. The number of isocyanates is 1. The molecule has 0 spiro atoms. The van der Waals surface area contributed by atoms with E-state index in [1.54, 1.807) is 18.6 Å². The monoisotopic (exact) mass is 301 g/mol. The third-order valence-electron chi connectivity index (χ3n) is 4.42. The van der Waals surface area contributed by atoms with Crippen LogP contribution in [-0.2, 0) is 10.3 Å². The zero-order valence-corrected chi connectivity index (χ0v) is 11.9. The molecule has 5 heteroatoms. The second-order valence-corrected chi connectivity index (χ2v) is 5.84. The van der Waals surface area contributed by atoms with E-state index in [1.807, 2.05) is 12.1 Å². The normalized spacial score (nSPS) is 17.4. The van der Waals surface area contributed by atoms with E-state index in [-0.39, 0.29) is 0 Å². The molecular formula is C16H12ClNO3. The van der Waals surface area contributed by atoms with Crippen molar-refractivity contribution in [1.29, 1.82) is 0 Å². The van der Waals surface area contributed by atoms with E-state index >= 15 is 0 Å². The van der Waals surface area contributed by atoms with Gasteiger partial charge in [-0.2, -0.15) is 4.99 Å². The molecule has 4 nitrogen and oxygen atoms in total. The summed E-state index contributed by atoms with van der Waals surface area (Å²) >= 11 is 6.40. The van der Waals surface area contributed by atoms with Crippen molar-refractivity contribution in [3.8, 4) is 0 Å². The van der Waals surface area contributed by atoms with Crippen LogP contribution in [0.3, 0.4) is 0 Å². The number of benzene rings is 1. The van der Waals surface area contributed by atoms with Gasteiger partial charge in [-0.1, -0.05) is 24.4 Å². The number of carbonyl (C=O) groups excluding carboxylic acids is 1. The van der Waals surface area contributed by atoms with Gasteiger partial charge in [-0.25, -0.2) is 4.79 Å². The number of rotatable bonds is 2. The molecular weight excluding hydrogens is 290 g/mol. The molecule has 1 aliphatic carbocycles. The lowest BCUT2D eigenvalue weighted by Crippen LogP contribution is -2.19. The Labute approximate surface area is 125 Å². The van der Waals surface area contributed by atoms with Gasteiger partial charge >= 0.3 is 0 Å². The van der Waals surface area contributed by atoms with Gasteiger partial charge in [-0.15, -0.1) is 0 Å². The molecule has 1 aliphatic rings. The smallest absolute Gasteiger partial charge is 0.235 e. The number of fused-ring (bicyclic) bond motifs is 2. The highest BCUT2D eigenvalue weighted by Crippen LogP contribution is 2.49. The van der Waals surface area contributed by atoms with Gasteiger partial charge in [0.05, 0.1) is 17.5 Å². The molecule has 0 saturated heterocycles. The van der Waals surface area contributed by atoms with Crippen LogP contribution in [0.4, 0.5) is 0 Å². The van der Waals surface area contributed by atoms with Crippen LogP contribution in [-0.4, -0.2) is 6.08 Å². The van der Waals surface area contributed by atoms with Gasteiger partial charge in [0.2, 0.25) is 6.08 Å². The summed E-state index contributed by atoms with van der Waals surface area (Å²) in [7, 11) is 0. The molecule has 0 unspecified atom stereocenters. The Kier molecular flexibility index (Phi) is 2.71. The van der Waals surface area contributed by atoms with Crippen molar-refractivity contribution in [2.75, 3.05) is 0 Å². The van der Waals surface area contributed by atoms with Gasteiger partial charge in [0.1, 0.15) is 11.1 Å². The molecule has 0 amide bonds.